The summed E-state index contributed by atoms with van der Waals surface area (Å²) in [6, 6.07) is 9.38. The molecule has 3 fully saturated rings. The van der Waals surface area contributed by atoms with Crippen LogP contribution in [0.2, 0.25) is 0 Å². The molecule has 0 spiro atoms. The lowest BCUT2D eigenvalue weighted by Gasteiger charge is -2.23. The Morgan fingerprint density at radius 3 is 1.96 bits per heavy atom. The van der Waals surface area contributed by atoms with E-state index in [2.05, 4.69) is 12.2 Å². The fourth-order valence-corrected chi connectivity index (χ4v) is 5.33. The van der Waals surface area contributed by atoms with Gasteiger partial charge in [-0.05, 0) is 37.8 Å². The van der Waals surface area contributed by atoms with Gasteiger partial charge in [0.2, 0.25) is 11.8 Å². The summed E-state index contributed by atoms with van der Waals surface area (Å²) in [5.74, 6) is -0.00490. The first-order valence-electron chi connectivity index (χ1n) is 9.10. The maximum absolute atomic E-state index is 13.1. The number of allylic oxidation sites excluding steroid dienone is 4. The smallest absolute Gasteiger partial charge is 0.238 e. The number of rotatable bonds is 1. The molecule has 5 rings (SSSR count). The zero-order valence-electron chi connectivity index (χ0n) is 13.7. The van der Waals surface area contributed by atoms with Crippen molar-refractivity contribution in [2.75, 3.05) is 4.90 Å². The number of benzene rings is 1. The molecule has 24 heavy (non-hydrogen) atoms. The molecule has 4 aliphatic rings. The lowest BCUT2D eigenvalue weighted by molar-refractivity contribution is -0.122. The number of para-hydroxylation sites is 1. The Bertz CT molecular complexity index is 734. The van der Waals surface area contributed by atoms with Crippen LogP contribution in [0.5, 0.6) is 0 Å². The number of hydrogen-bond donors (Lipinski definition) is 0. The van der Waals surface area contributed by atoms with Crippen LogP contribution in [-0.4, -0.2) is 11.8 Å². The van der Waals surface area contributed by atoms with Crippen molar-refractivity contribution in [2.45, 2.75) is 32.1 Å². The third-order valence-corrected chi connectivity index (χ3v) is 6.30. The van der Waals surface area contributed by atoms with E-state index >= 15 is 0 Å². The Morgan fingerprint density at radius 1 is 0.792 bits per heavy atom. The van der Waals surface area contributed by atoms with Gasteiger partial charge >= 0.3 is 0 Å². The molecule has 2 bridgehead atoms. The van der Waals surface area contributed by atoms with Crippen LogP contribution in [0.4, 0.5) is 5.69 Å². The van der Waals surface area contributed by atoms with Crippen LogP contribution in [0.15, 0.2) is 53.6 Å². The zero-order chi connectivity index (χ0) is 16.3. The van der Waals surface area contributed by atoms with Crippen LogP contribution < -0.4 is 4.90 Å². The first-order valence-corrected chi connectivity index (χ1v) is 9.10. The maximum Gasteiger partial charge on any atom is 0.238 e. The van der Waals surface area contributed by atoms with Gasteiger partial charge in [-0.15, -0.1) is 0 Å². The van der Waals surface area contributed by atoms with Gasteiger partial charge in [-0.2, -0.15) is 0 Å². The summed E-state index contributed by atoms with van der Waals surface area (Å²) in [6.45, 7) is 0. The second-order valence-electron chi connectivity index (χ2n) is 7.46. The first kappa shape index (κ1) is 14.2. The van der Waals surface area contributed by atoms with Crippen molar-refractivity contribution in [3.05, 3.63) is 53.6 Å². The van der Waals surface area contributed by atoms with E-state index < -0.39 is 0 Å². The van der Waals surface area contributed by atoms with Crippen LogP contribution in [0.25, 0.3) is 0 Å². The van der Waals surface area contributed by atoms with E-state index in [4.69, 9.17) is 0 Å². The molecule has 4 atom stereocenters. The van der Waals surface area contributed by atoms with Gasteiger partial charge in [0, 0.05) is 11.8 Å². The van der Waals surface area contributed by atoms with Gasteiger partial charge in [-0.1, -0.05) is 47.9 Å². The van der Waals surface area contributed by atoms with Crippen molar-refractivity contribution in [3.63, 3.8) is 0 Å². The fourth-order valence-electron chi connectivity index (χ4n) is 5.33. The SMILES string of the molecule is O=C1[C@@H]2[C@H](C(=O)N1c1ccccc1)[C@@H]1C=C[C@@H]2C1=C1CCCCC1. The summed E-state index contributed by atoms with van der Waals surface area (Å²) in [5.41, 5.74) is 3.69. The molecular formula is C21H21NO2. The van der Waals surface area contributed by atoms with Crippen molar-refractivity contribution < 1.29 is 9.59 Å². The quantitative estimate of drug-likeness (QED) is 0.582. The van der Waals surface area contributed by atoms with Crippen LogP contribution in [0.1, 0.15) is 32.1 Å². The molecule has 3 aliphatic carbocycles. The van der Waals surface area contributed by atoms with Crippen LogP contribution in [0, 0.1) is 23.7 Å². The molecule has 2 saturated carbocycles. The van der Waals surface area contributed by atoms with Crippen LogP contribution in [0.3, 0.4) is 0 Å². The number of nitrogens with zero attached hydrogens (tertiary/aromatic N) is 1. The third kappa shape index (κ3) is 1.78. The Morgan fingerprint density at radius 2 is 1.38 bits per heavy atom. The summed E-state index contributed by atoms with van der Waals surface area (Å²) < 4.78 is 0. The topological polar surface area (TPSA) is 37.4 Å². The molecule has 3 heteroatoms. The lowest BCUT2D eigenvalue weighted by atomic mass is 9.85. The zero-order valence-corrected chi connectivity index (χ0v) is 13.7. The van der Waals surface area contributed by atoms with E-state index in [1.807, 2.05) is 30.3 Å². The predicted octanol–water partition coefficient (Wildman–Crippen LogP) is 3.87. The summed E-state index contributed by atoms with van der Waals surface area (Å²) >= 11 is 0. The number of fused-ring (bicyclic) bond motifs is 5. The van der Waals surface area contributed by atoms with E-state index in [-0.39, 0.29) is 35.5 Å². The van der Waals surface area contributed by atoms with E-state index in [0.717, 1.165) is 12.8 Å². The van der Waals surface area contributed by atoms with Gasteiger partial charge in [0.05, 0.1) is 17.5 Å². The van der Waals surface area contributed by atoms with Gasteiger partial charge in [-0.3, -0.25) is 9.59 Å². The van der Waals surface area contributed by atoms with Crippen molar-refractivity contribution >= 4 is 17.5 Å². The summed E-state index contributed by atoms with van der Waals surface area (Å²) in [7, 11) is 0. The molecule has 1 aromatic rings. The van der Waals surface area contributed by atoms with Gasteiger partial charge in [-0.25, -0.2) is 4.90 Å². The molecule has 0 aromatic heterocycles. The number of hydrogen-bond acceptors (Lipinski definition) is 2. The molecule has 3 nitrogen and oxygen atoms in total. The highest BCUT2D eigenvalue weighted by atomic mass is 16.2. The minimum Gasteiger partial charge on any atom is -0.274 e. The maximum atomic E-state index is 13.1. The Hall–Kier alpha value is -2.16. The summed E-state index contributed by atoms with van der Waals surface area (Å²) in [6.07, 6.45) is 10.5. The van der Waals surface area contributed by atoms with Crippen molar-refractivity contribution in [1.29, 1.82) is 0 Å². The minimum absolute atomic E-state index is 0.00181. The molecule has 2 amide bonds. The normalized spacial score (nSPS) is 34.4. The number of carbonyl (C=O) groups excluding carboxylic acids is 2. The highest BCUT2D eigenvalue weighted by molar-refractivity contribution is 6.23. The van der Waals surface area contributed by atoms with Crippen molar-refractivity contribution in [3.8, 4) is 0 Å². The van der Waals surface area contributed by atoms with Gasteiger partial charge in [0.15, 0.2) is 0 Å². The summed E-state index contributed by atoms with van der Waals surface area (Å²) in [4.78, 5) is 27.6. The Balaban J connectivity index is 1.54. The van der Waals surface area contributed by atoms with E-state index in [1.165, 1.54) is 29.7 Å². The van der Waals surface area contributed by atoms with Gasteiger partial charge in [0.1, 0.15) is 0 Å². The van der Waals surface area contributed by atoms with E-state index in [0.29, 0.717) is 5.69 Å². The third-order valence-electron chi connectivity index (χ3n) is 6.30. The van der Waals surface area contributed by atoms with Crippen molar-refractivity contribution in [1.82, 2.24) is 0 Å². The summed E-state index contributed by atoms with van der Waals surface area (Å²) in [5, 5.41) is 0. The largest absolute Gasteiger partial charge is 0.274 e. The van der Waals surface area contributed by atoms with Gasteiger partial charge < -0.3 is 0 Å². The minimum atomic E-state index is -0.169. The second kappa shape index (κ2) is 5.17. The molecule has 0 radical (unpaired) electrons. The lowest BCUT2D eigenvalue weighted by Crippen LogP contribution is -2.33. The molecule has 0 unspecified atom stereocenters. The molecule has 1 heterocycles. The average molecular weight is 319 g/mol. The highest BCUT2D eigenvalue weighted by Gasteiger charge is 2.62. The number of anilines is 1. The molecule has 1 saturated heterocycles. The number of amides is 2. The number of imide groups is 1. The van der Waals surface area contributed by atoms with Crippen molar-refractivity contribution in [2.24, 2.45) is 23.7 Å². The van der Waals surface area contributed by atoms with Crippen LogP contribution in [-0.2, 0) is 9.59 Å². The monoisotopic (exact) mass is 319 g/mol. The average Bonchev–Trinajstić information content (AvgIpc) is 3.26. The molecule has 122 valence electrons. The van der Waals surface area contributed by atoms with E-state index in [1.54, 1.807) is 5.57 Å². The first-order chi connectivity index (χ1) is 11.8. The Kier molecular flexibility index (Phi) is 3.06. The van der Waals surface area contributed by atoms with Gasteiger partial charge in [0.25, 0.3) is 0 Å². The molecule has 0 N–H and O–H groups in total. The predicted molar refractivity (Wildman–Crippen MR) is 92.1 cm³/mol. The fraction of sp³-hybridized carbons (Fsp3) is 0.429. The molecule has 1 aliphatic heterocycles. The molecule has 1 aromatic carbocycles. The second-order valence-corrected chi connectivity index (χ2v) is 7.46. The number of carbonyl (C=O) groups is 2. The highest BCUT2D eigenvalue weighted by Crippen LogP contribution is 2.58. The Labute approximate surface area is 142 Å². The standard InChI is InChI=1S/C21H21NO2/c23-20-18-15-11-12-16(17(15)13-7-3-1-4-8-13)19(18)21(24)22(20)14-9-5-2-6-10-14/h2,5-6,9-12,15-16,18-19H,1,3-4,7-8H2/t15-,16-,18-,19+/m1/s1. The van der Waals surface area contributed by atoms with E-state index in [9.17, 15) is 9.59 Å². The van der Waals surface area contributed by atoms with Crippen LogP contribution >= 0.6 is 0 Å². The molecular weight excluding hydrogens is 298 g/mol.